The Labute approximate surface area is 217 Å². The average molecular weight is 559 g/mol. The van der Waals surface area contributed by atoms with Gasteiger partial charge in [-0.2, -0.15) is 0 Å². The molecule has 0 spiro atoms. The van der Waals surface area contributed by atoms with Crippen LogP contribution < -0.4 is 15.5 Å². The molecule has 2 aromatic carbocycles. The molecule has 0 saturated carbocycles. The number of rotatable bonds is 5. The number of phenolic OH excluding ortho intramolecular Hbond substituents is 1. The molecule has 35 heavy (non-hydrogen) atoms. The van der Waals surface area contributed by atoms with Crippen LogP contribution in [0.3, 0.4) is 0 Å². The first-order valence-corrected chi connectivity index (χ1v) is 12.3. The molecule has 3 aromatic rings. The Morgan fingerprint density at radius 1 is 1.00 bits per heavy atom. The molecule has 1 fully saturated rings. The lowest BCUT2D eigenvalue weighted by molar-refractivity contribution is 0.102. The number of hydrogen-bond donors (Lipinski definition) is 3. The molecule has 0 atom stereocenters. The van der Waals surface area contributed by atoms with Crippen LogP contribution in [0.5, 0.6) is 5.75 Å². The predicted octanol–water partition coefficient (Wildman–Crippen LogP) is 4.85. The van der Waals surface area contributed by atoms with E-state index in [2.05, 4.69) is 48.4 Å². The predicted molar refractivity (Wildman–Crippen MR) is 142 cm³/mol. The fourth-order valence-corrected chi connectivity index (χ4v) is 4.41. The molecule has 10 heteroatoms. The maximum Gasteiger partial charge on any atom is 0.259 e. The van der Waals surface area contributed by atoms with Crippen LogP contribution in [0.1, 0.15) is 27.1 Å². The number of benzene rings is 2. The van der Waals surface area contributed by atoms with Gasteiger partial charge in [0, 0.05) is 41.6 Å². The topological polar surface area (TPSA) is 97.8 Å². The van der Waals surface area contributed by atoms with Gasteiger partial charge in [-0.05, 0) is 68.5 Å². The van der Waals surface area contributed by atoms with Gasteiger partial charge >= 0.3 is 0 Å². The summed E-state index contributed by atoms with van der Waals surface area (Å²) >= 11 is 9.13. The number of likely N-dealkylation sites (N-methyl/N-ethyl adjacent to an activating group) is 1. The third kappa shape index (κ3) is 6.30. The van der Waals surface area contributed by atoms with E-state index in [1.165, 1.54) is 18.3 Å². The molecule has 1 aliphatic heterocycles. The summed E-state index contributed by atoms with van der Waals surface area (Å²) in [4.78, 5) is 34.6. The smallest absolute Gasteiger partial charge is 0.259 e. The molecule has 0 unspecified atom stereocenters. The number of nitrogens with one attached hydrogen (secondary N) is 2. The second kappa shape index (κ2) is 11.1. The molecule has 1 aromatic heterocycles. The van der Waals surface area contributed by atoms with Gasteiger partial charge in [0.15, 0.2) is 0 Å². The maximum absolute atomic E-state index is 13.0. The lowest BCUT2D eigenvalue weighted by Crippen LogP contribution is -2.28. The second-order valence-electron chi connectivity index (χ2n) is 8.31. The van der Waals surface area contributed by atoms with E-state index in [4.69, 9.17) is 11.6 Å². The highest BCUT2D eigenvalue weighted by Gasteiger charge is 2.20. The Morgan fingerprint density at radius 2 is 1.77 bits per heavy atom. The van der Waals surface area contributed by atoms with Crippen LogP contribution in [0.25, 0.3) is 0 Å². The van der Waals surface area contributed by atoms with E-state index >= 15 is 0 Å². The number of nitrogens with zero attached hydrogens (tertiary/aromatic N) is 3. The zero-order chi connectivity index (χ0) is 24.9. The van der Waals surface area contributed by atoms with Crippen molar-refractivity contribution in [2.75, 3.05) is 48.8 Å². The summed E-state index contributed by atoms with van der Waals surface area (Å²) in [7, 11) is 2.12. The van der Waals surface area contributed by atoms with E-state index in [9.17, 15) is 14.7 Å². The summed E-state index contributed by atoms with van der Waals surface area (Å²) in [6.07, 6.45) is 2.49. The van der Waals surface area contributed by atoms with Crippen molar-refractivity contribution >= 4 is 56.5 Å². The van der Waals surface area contributed by atoms with Crippen LogP contribution >= 0.6 is 27.5 Å². The highest BCUT2D eigenvalue weighted by molar-refractivity contribution is 9.10. The standard InChI is InChI=1S/C25H25BrClN5O3/c1-31-9-2-10-32(12-11-31)19-6-3-16(4-7-19)24(34)30-23-20(13-17(26)14-21(23)33)25(35)29-22-8-5-18(27)15-28-22/h3-8,13-15,33H,2,9-12H2,1H3,(H,30,34)(H,28,29,35). The Kier molecular flexibility index (Phi) is 7.90. The average Bonchev–Trinajstić information content (AvgIpc) is 3.06. The molecule has 2 amide bonds. The Balaban J connectivity index is 1.51. The first kappa shape index (κ1) is 25.0. The van der Waals surface area contributed by atoms with Crippen molar-refractivity contribution in [1.82, 2.24) is 9.88 Å². The van der Waals surface area contributed by atoms with Gasteiger partial charge in [-0.3, -0.25) is 9.59 Å². The summed E-state index contributed by atoms with van der Waals surface area (Å²) in [6.45, 7) is 3.94. The molecule has 182 valence electrons. The van der Waals surface area contributed by atoms with E-state index in [0.29, 0.717) is 15.1 Å². The number of aromatic hydroxyl groups is 1. The number of phenols is 1. The number of hydrogen-bond acceptors (Lipinski definition) is 6. The Bertz CT molecular complexity index is 1220. The van der Waals surface area contributed by atoms with Crippen LogP contribution in [0.2, 0.25) is 5.02 Å². The first-order chi connectivity index (χ1) is 16.8. The van der Waals surface area contributed by atoms with Crippen LogP contribution in [-0.2, 0) is 0 Å². The van der Waals surface area contributed by atoms with Crippen molar-refractivity contribution in [3.63, 3.8) is 0 Å². The van der Waals surface area contributed by atoms with Crippen LogP contribution in [0.15, 0.2) is 59.2 Å². The van der Waals surface area contributed by atoms with E-state index in [1.807, 2.05) is 12.1 Å². The molecule has 4 rings (SSSR count). The van der Waals surface area contributed by atoms with Gasteiger partial charge < -0.3 is 25.5 Å². The number of amides is 2. The van der Waals surface area contributed by atoms with E-state index < -0.39 is 11.8 Å². The summed E-state index contributed by atoms with van der Waals surface area (Å²) in [6, 6.07) is 13.4. The molecule has 3 N–H and O–H groups in total. The largest absolute Gasteiger partial charge is 0.506 e. The molecular weight excluding hydrogens is 534 g/mol. The van der Waals surface area contributed by atoms with Crippen molar-refractivity contribution in [2.24, 2.45) is 0 Å². The van der Waals surface area contributed by atoms with Gasteiger partial charge in [0.2, 0.25) is 0 Å². The number of anilines is 3. The number of carbonyl (C=O) groups is 2. The van der Waals surface area contributed by atoms with Crippen molar-refractivity contribution in [1.29, 1.82) is 0 Å². The fourth-order valence-electron chi connectivity index (χ4n) is 3.85. The van der Waals surface area contributed by atoms with Crippen molar-refractivity contribution in [2.45, 2.75) is 6.42 Å². The number of carbonyl (C=O) groups excluding carboxylic acids is 2. The van der Waals surface area contributed by atoms with Crippen molar-refractivity contribution in [3.05, 3.63) is 75.4 Å². The van der Waals surface area contributed by atoms with Crippen molar-refractivity contribution in [3.8, 4) is 5.75 Å². The van der Waals surface area contributed by atoms with E-state index in [-0.39, 0.29) is 22.8 Å². The van der Waals surface area contributed by atoms with Gasteiger partial charge in [-0.25, -0.2) is 4.98 Å². The molecule has 0 bridgehead atoms. The Hall–Kier alpha value is -3.14. The highest BCUT2D eigenvalue weighted by Crippen LogP contribution is 2.33. The minimum Gasteiger partial charge on any atom is -0.506 e. The number of aromatic nitrogens is 1. The summed E-state index contributed by atoms with van der Waals surface area (Å²) in [5, 5.41) is 16.3. The highest BCUT2D eigenvalue weighted by atomic mass is 79.9. The minimum absolute atomic E-state index is 0.00398. The summed E-state index contributed by atoms with van der Waals surface area (Å²) in [5.41, 5.74) is 1.55. The van der Waals surface area contributed by atoms with E-state index in [0.717, 1.165) is 38.3 Å². The second-order valence-corrected chi connectivity index (χ2v) is 9.66. The monoisotopic (exact) mass is 557 g/mol. The van der Waals surface area contributed by atoms with Gasteiger partial charge in [-0.1, -0.05) is 27.5 Å². The first-order valence-electron chi connectivity index (χ1n) is 11.1. The third-order valence-corrected chi connectivity index (χ3v) is 6.43. The lowest BCUT2D eigenvalue weighted by atomic mass is 10.1. The lowest BCUT2D eigenvalue weighted by Gasteiger charge is -2.23. The summed E-state index contributed by atoms with van der Waals surface area (Å²) < 4.78 is 0.481. The van der Waals surface area contributed by atoms with Gasteiger partial charge in [0.1, 0.15) is 11.6 Å². The fraction of sp³-hybridized carbons (Fsp3) is 0.240. The molecule has 2 heterocycles. The third-order valence-electron chi connectivity index (χ3n) is 5.75. The summed E-state index contributed by atoms with van der Waals surface area (Å²) in [5.74, 6) is -0.949. The maximum atomic E-state index is 13.0. The quantitative estimate of drug-likeness (QED) is 0.388. The van der Waals surface area contributed by atoms with Gasteiger partial charge in [-0.15, -0.1) is 0 Å². The molecule has 8 nitrogen and oxygen atoms in total. The van der Waals surface area contributed by atoms with Crippen LogP contribution in [-0.4, -0.2) is 60.0 Å². The molecule has 1 aliphatic rings. The molecule has 0 radical (unpaired) electrons. The van der Waals surface area contributed by atoms with E-state index in [1.54, 1.807) is 24.3 Å². The normalized spacial score (nSPS) is 14.3. The zero-order valence-electron chi connectivity index (χ0n) is 19.1. The number of halogens is 2. The van der Waals surface area contributed by atoms with Gasteiger partial charge in [0.05, 0.1) is 16.3 Å². The Morgan fingerprint density at radius 3 is 2.49 bits per heavy atom. The zero-order valence-corrected chi connectivity index (χ0v) is 21.4. The van der Waals surface area contributed by atoms with Crippen LogP contribution in [0, 0.1) is 0 Å². The SMILES string of the molecule is CN1CCCN(c2ccc(C(=O)Nc3c(O)cc(Br)cc3C(=O)Nc3ccc(Cl)cn3)cc2)CC1. The minimum atomic E-state index is -0.548. The van der Waals surface area contributed by atoms with Crippen LogP contribution in [0.4, 0.5) is 17.2 Å². The molecular formula is C25H25BrClN5O3. The number of pyridine rings is 1. The molecule has 1 saturated heterocycles. The molecule has 0 aliphatic carbocycles. The van der Waals surface area contributed by atoms with Gasteiger partial charge in [0.25, 0.3) is 11.8 Å². The van der Waals surface area contributed by atoms with Crippen molar-refractivity contribution < 1.29 is 14.7 Å².